The van der Waals surface area contributed by atoms with Gasteiger partial charge in [-0.05, 0) is 87.0 Å². The average Bonchev–Trinajstić information content (AvgIpc) is 3.07. The zero-order valence-electron chi connectivity index (χ0n) is 18.4. The highest BCUT2D eigenvalue weighted by molar-refractivity contribution is 5.68. The molecular weight excluding hydrogens is 360 g/mol. The standard InChI is InChI=1S/C26H38O3/c1-19-10-11-20(18-27)17-22(19)13-12-21-7-6-16-26(2)23(14-15-24(21)26)8-4-5-9-25(28)29-3/h12-13,18,20,23-24H,1,4-11,14-17H2,2-3H3/b21-12+,22-13-/t20?,23-,24?,26+/m0/s1. The highest BCUT2D eigenvalue weighted by Crippen LogP contribution is 2.58. The van der Waals surface area contributed by atoms with Crippen LogP contribution in [0.2, 0.25) is 0 Å². The second-order valence-electron chi connectivity index (χ2n) is 9.68. The van der Waals surface area contributed by atoms with Crippen molar-refractivity contribution in [1.82, 2.24) is 0 Å². The molecule has 0 bridgehead atoms. The Labute approximate surface area is 176 Å². The summed E-state index contributed by atoms with van der Waals surface area (Å²) in [5, 5.41) is 0. The number of carbonyl (C=O) groups excluding carboxylic acids is 2. The predicted molar refractivity (Wildman–Crippen MR) is 117 cm³/mol. The largest absolute Gasteiger partial charge is 0.469 e. The molecule has 160 valence electrons. The second kappa shape index (κ2) is 9.91. The van der Waals surface area contributed by atoms with E-state index in [-0.39, 0.29) is 11.9 Å². The van der Waals surface area contributed by atoms with Gasteiger partial charge < -0.3 is 9.53 Å². The Balaban J connectivity index is 1.64. The SMILES string of the molecule is C=C1CCC(C=O)C/C1=C/C=C1\CCC[C@@]2(C)C1CC[C@@H]2CCCCC(=O)OC. The Hall–Kier alpha value is -1.64. The van der Waals surface area contributed by atoms with Crippen LogP contribution in [0.4, 0.5) is 0 Å². The van der Waals surface area contributed by atoms with Crippen LogP contribution in [0, 0.1) is 23.2 Å². The molecule has 3 aliphatic rings. The lowest BCUT2D eigenvalue weighted by Gasteiger charge is -2.42. The van der Waals surface area contributed by atoms with E-state index in [0.29, 0.717) is 17.8 Å². The first-order chi connectivity index (χ1) is 14.0. The van der Waals surface area contributed by atoms with E-state index in [1.54, 1.807) is 5.57 Å². The van der Waals surface area contributed by atoms with E-state index in [4.69, 9.17) is 4.74 Å². The van der Waals surface area contributed by atoms with Gasteiger partial charge in [0.05, 0.1) is 7.11 Å². The minimum atomic E-state index is -0.0856. The highest BCUT2D eigenvalue weighted by Gasteiger charge is 2.48. The molecule has 0 heterocycles. The van der Waals surface area contributed by atoms with Gasteiger partial charge in [0, 0.05) is 12.3 Å². The number of rotatable bonds is 7. The lowest BCUT2D eigenvalue weighted by molar-refractivity contribution is -0.140. The topological polar surface area (TPSA) is 43.4 Å². The number of carbonyl (C=O) groups is 2. The number of aldehydes is 1. The number of allylic oxidation sites excluding steroid dienone is 5. The van der Waals surface area contributed by atoms with Gasteiger partial charge in [0.1, 0.15) is 6.29 Å². The van der Waals surface area contributed by atoms with E-state index in [1.165, 1.54) is 56.8 Å². The normalized spacial score (nSPS) is 35.0. The van der Waals surface area contributed by atoms with Gasteiger partial charge in [-0.25, -0.2) is 0 Å². The number of esters is 1. The van der Waals surface area contributed by atoms with Gasteiger partial charge in [0.25, 0.3) is 0 Å². The molecule has 3 aliphatic carbocycles. The van der Waals surface area contributed by atoms with Gasteiger partial charge in [0.2, 0.25) is 0 Å². The van der Waals surface area contributed by atoms with Gasteiger partial charge in [-0.1, -0.05) is 43.2 Å². The minimum Gasteiger partial charge on any atom is -0.469 e. The van der Waals surface area contributed by atoms with E-state index in [2.05, 4.69) is 25.7 Å². The zero-order chi connectivity index (χ0) is 20.9. The summed E-state index contributed by atoms with van der Waals surface area (Å²) in [6.45, 7) is 6.75. The molecule has 0 saturated heterocycles. The quantitative estimate of drug-likeness (QED) is 0.285. The zero-order valence-corrected chi connectivity index (χ0v) is 18.4. The molecule has 0 aliphatic heterocycles. The fourth-order valence-electron chi connectivity index (χ4n) is 6.14. The lowest BCUT2D eigenvalue weighted by atomic mass is 9.62. The number of hydrogen-bond donors (Lipinski definition) is 0. The summed E-state index contributed by atoms with van der Waals surface area (Å²) in [6.07, 6.45) is 18.8. The Kier molecular flexibility index (Phi) is 7.54. The first-order valence-electron chi connectivity index (χ1n) is 11.6. The van der Waals surface area contributed by atoms with E-state index < -0.39 is 0 Å². The maximum absolute atomic E-state index is 11.3. The van der Waals surface area contributed by atoms with Crippen LogP contribution < -0.4 is 0 Å². The molecular formula is C26H38O3. The van der Waals surface area contributed by atoms with Crippen LogP contribution >= 0.6 is 0 Å². The molecule has 3 heteroatoms. The van der Waals surface area contributed by atoms with Gasteiger partial charge in [0.15, 0.2) is 0 Å². The number of unbranched alkanes of at least 4 members (excludes halogenated alkanes) is 1. The van der Waals surface area contributed by atoms with Gasteiger partial charge in [-0.3, -0.25) is 4.79 Å². The molecule has 0 aromatic heterocycles. The fourth-order valence-corrected chi connectivity index (χ4v) is 6.14. The lowest BCUT2D eigenvalue weighted by Crippen LogP contribution is -2.33. The van der Waals surface area contributed by atoms with Crippen molar-refractivity contribution >= 4 is 12.3 Å². The molecule has 2 unspecified atom stereocenters. The smallest absolute Gasteiger partial charge is 0.305 e. The van der Waals surface area contributed by atoms with Crippen LogP contribution in [0.15, 0.2) is 35.5 Å². The summed E-state index contributed by atoms with van der Waals surface area (Å²) in [7, 11) is 1.47. The van der Waals surface area contributed by atoms with E-state index in [0.717, 1.165) is 44.3 Å². The number of hydrogen-bond acceptors (Lipinski definition) is 3. The van der Waals surface area contributed by atoms with Crippen molar-refractivity contribution in [3.63, 3.8) is 0 Å². The Morgan fingerprint density at radius 3 is 2.79 bits per heavy atom. The third-order valence-corrected chi connectivity index (χ3v) is 8.02. The predicted octanol–water partition coefficient (Wildman–Crippen LogP) is 6.34. The Morgan fingerprint density at radius 1 is 1.21 bits per heavy atom. The van der Waals surface area contributed by atoms with Crippen LogP contribution in [-0.4, -0.2) is 19.4 Å². The van der Waals surface area contributed by atoms with Gasteiger partial charge in [-0.2, -0.15) is 0 Å². The molecule has 0 aromatic carbocycles. The maximum Gasteiger partial charge on any atom is 0.305 e. The molecule has 3 saturated carbocycles. The number of ether oxygens (including phenoxy) is 1. The van der Waals surface area contributed by atoms with Crippen molar-refractivity contribution in [2.24, 2.45) is 23.2 Å². The molecule has 0 aromatic rings. The average molecular weight is 399 g/mol. The monoisotopic (exact) mass is 398 g/mol. The van der Waals surface area contributed by atoms with Crippen molar-refractivity contribution < 1.29 is 14.3 Å². The van der Waals surface area contributed by atoms with Crippen molar-refractivity contribution in [3.05, 3.63) is 35.5 Å². The molecule has 0 N–H and O–H groups in total. The number of methoxy groups -OCH3 is 1. The molecule has 4 atom stereocenters. The van der Waals surface area contributed by atoms with Crippen LogP contribution in [-0.2, 0) is 14.3 Å². The minimum absolute atomic E-state index is 0.0856. The van der Waals surface area contributed by atoms with Gasteiger partial charge in [-0.15, -0.1) is 0 Å². The summed E-state index contributed by atoms with van der Waals surface area (Å²) in [5.41, 5.74) is 4.52. The molecule has 3 fully saturated rings. The number of fused-ring (bicyclic) bond motifs is 1. The Bertz CT molecular complexity index is 686. The Morgan fingerprint density at radius 2 is 2.03 bits per heavy atom. The third kappa shape index (κ3) is 5.10. The second-order valence-corrected chi connectivity index (χ2v) is 9.68. The van der Waals surface area contributed by atoms with Crippen molar-refractivity contribution in [3.8, 4) is 0 Å². The first-order valence-corrected chi connectivity index (χ1v) is 11.6. The van der Waals surface area contributed by atoms with Crippen LogP contribution in [0.1, 0.15) is 84.0 Å². The molecule has 29 heavy (non-hydrogen) atoms. The van der Waals surface area contributed by atoms with E-state index in [1.807, 2.05) is 0 Å². The molecule has 0 amide bonds. The molecule has 3 rings (SSSR count). The summed E-state index contributed by atoms with van der Waals surface area (Å²) < 4.78 is 4.76. The van der Waals surface area contributed by atoms with Gasteiger partial charge >= 0.3 is 5.97 Å². The third-order valence-electron chi connectivity index (χ3n) is 8.02. The van der Waals surface area contributed by atoms with E-state index in [9.17, 15) is 9.59 Å². The van der Waals surface area contributed by atoms with Crippen LogP contribution in [0.3, 0.4) is 0 Å². The summed E-state index contributed by atoms with van der Waals surface area (Å²) in [4.78, 5) is 22.6. The van der Waals surface area contributed by atoms with E-state index >= 15 is 0 Å². The van der Waals surface area contributed by atoms with Crippen molar-refractivity contribution in [2.45, 2.75) is 84.0 Å². The van der Waals surface area contributed by atoms with Crippen LogP contribution in [0.5, 0.6) is 0 Å². The maximum atomic E-state index is 11.3. The van der Waals surface area contributed by atoms with Crippen molar-refractivity contribution in [2.75, 3.05) is 7.11 Å². The molecule has 0 radical (unpaired) electrons. The summed E-state index contributed by atoms with van der Waals surface area (Å²) >= 11 is 0. The molecule has 3 nitrogen and oxygen atoms in total. The van der Waals surface area contributed by atoms with Crippen molar-refractivity contribution in [1.29, 1.82) is 0 Å². The summed E-state index contributed by atoms with van der Waals surface area (Å²) in [6, 6.07) is 0. The summed E-state index contributed by atoms with van der Waals surface area (Å²) in [5.74, 6) is 1.54. The fraction of sp³-hybridized carbons (Fsp3) is 0.692. The first kappa shape index (κ1) is 22.1. The molecule has 0 spiro atoms. The highest BCUT2D eigenvalue weighted by atomic mass is 16.5. The van der Waals surface area contributed by atoms with Crippen LogP contribution in [0.25, 0.3) is 0 Å².